The molecule has 2 aliphatic carbocycles. The van der Waals surface area contributed by atoms with Gasteiger partial charge in [-0.2, -0.15) is 0 Å². The van der Waals surface area contributed by atoms with Crippen LogP contribution in [0.1, 0.15) is 66.2 Å². The number of fused-ring (bicyclic) bond motifs is 2. The first-order chi connectivity index (χ1) is 7.79. The van der Waals surface area contributed by atoms with Crippen molar-refractivity contribution >= 4 is 5.78 Å². The first-order valence-corrected chi connectivity index (χ1v) is 7.05. The van der Waals surface area contributed by atoms with Crippen molar-refractivity contribution < 1.29 is 9.90 Å². The normalized spacial score (nSPS) is 43.0. The standard InChI is InChI=1S/C15H26O2/c1-5-6-7-12(16)15(17)10-11-8-9-14(15,4)13(11,2)3/h11,17H,5-10H2,1-4H3/t11-,14-,15+/m1/s1. The number of aliphatic hydroxyl groups is 1. The summed E-state index contributed by atoms with van der Waals surface area (Å²) < 4.78 is 0. The van der Waals surface area contributed by atoms with E-state index in [-0.39, 0.29) is 16.6 Å². The highest BCUT2D eigenvalue weighted by molar-refractivity contribution is 5.89. The van der Waals surface area contributed by atoms with Crippen molar-refractivity contribution in [2.45, 2.75) is 71.8 Å². The fourth-order valence-corrected chi connectivity index (χ4v) is 4.24. The number of rotatable bonds is 4. The van der Waals surface area contributed by atoms with Crippen molar-refractivity contribution in [3.05, 3.63) is 0 Å². The van der Waals surface area contributed by atoms with E-state index in [9.17, 15) is 9.90 Å². The Morgan fingerprint density at radius 2 is 2.00 bits per heavy atom. The molecule has 2 heteroatoms. The number of hydrogen-bond donors (Lipinski definition) is 1. The van der Waals surface area contributed by atoms with E-state index in [2.05, 4.69) is 27.7 Å². The maximum atomic E-state index is 12.4. The lowest BCUT2D eigenvalue weighted by Crippen LogP contribution is -2.52. The largest absolute Gasteiger partial charge is 0.381 e. The second kappa shape index (κ2) is 3.81. The van der Waals surface area contributed by atoms with E-state index in [1.807, 2.05) is 0 Å². The second-order valence-electron chi connectivity index (χ2n) is 6.88. The first-order valence-electron chi connectivity index (χ1n) is 7.05. The summed E-state index contributed by atoms with van der Waals surface area (Å²) in [7, 11) is 0. The number of carbonyl (C=O) groups is 1. The van der Waals surface area contributed by atoms with Crippen LogP contribution in [0.25, 0.3) is 0 Å². The van der Waals surface area contributed by atoms with Gasteiger partial charge in [-0.3, -0.25) is 4.79 Å². The van der Waals surface area contributed by atoms with Gasteiger partial charge in [-0.1, -0.05) is 34.1 Å². The van der Waals surface area contributed by atoms with Crippen LogP contribution >= 0.6 is 0 Å². The summed E-state index contributed by atoms with van der Waals surface area (Å²) in [5.41, 5.74) is -1.16. The average molecular weight is 238 g/mol. The number of unbranched alkanes of at least 4 members (excludes halogenated alkanes) is 1. The Balaban J connectivity index is 2.26. The van der Waals surface area contributed by atoms with Crippen molar-refractivity contribution in [2.75, 3.05) is 0 Å². The Kier molecular flexibility index (Phi) is 2.93. The molecule has 0 amide bonds. The predicted molar refractivity (Wildman–Crippen MR) is 68.7 cm³/mol. The lowest BCUT2D eigenvalue weighted by molar-refractivity contribution is -0.155. The zero-order valence-electron chi connectivity index (χ0n) is 11.7. The lowest BCUT2D eigenvalue weighted by Gasteiger charge is -2.44. The third-order valence-electron chi connectivity index (χ3n) is 6.11. The quantitative estimate of drug-likeness (QED) is 0.815. The molecule has 2 nitrogen and oxygen atoms in total. The number of Topliss-reactive ketones (excluding diaryl/α,β-unsaturated/α-hetero) is 1. The van der Waals surface area contributed by atoms with Crippen LogP contribution < -0.4 is 0 Å². The van der Waals surface area contributed by atoms with Crippen molar-refractivity contribution in [1.82, 2.24) is 0 Å². The summed E-state index contributed by atoms with van der Waals surface area (Å²) in [6.45, 7) is 8.68. The highest BCUT2D eigenvalue weighted by atomic mass is 16.3. The molecule has 0 saturated heterocycles. The van der Waals surface area contributed by atoms with Gasteiger partial charge >= 0.3 is 0 Å². The van der Waals surface area contributed by atoms with Gasteiger partial charge in [-0.15, -0.1) is 0 Å². The Labute approximate surface area is 105 Å². The molecule has 2 bridgehead atoms. The first kappa shape index (κ1) is 13.1. The summed E-state index contributed by atoms with van der Waals surface area (Å²) in [5, 5.41) is 10.9. The maximum Gasteiger partial charge on any atom is 0.164 e. The molecule has 2 rings (SSSR count). The molecule has 0 unspecified atom stereocenters. The van der Waals surface area contributed by atoms with Gasteiger partial charge in [0.05, 0.1) is 0 Å². The Bertz CT molecular complexity index is 334. The van der Waals surface area contributed by atoms with Gasteiger partial charge in [-0.05, 0) is 37.0 Å². The molecule has 0 spiro atoms. The van der Waals surface area contributed by atoms with Crippen LogP contribution in [-0.4, -0.2) is 16.5 Å². The van der Waals surface area contributed by atoms with E-state index >= 15 is 0 Å². The lowest BCUT2D eigenvalue weighted by atomic mass is 9.62. The van der Waals surface area contributed by atoms with E-state index in [4.69, 9.17) is 0 Å². The van der Waals surface area contributed by atoms with E-state index in [1.54, 1.807) is 0 Å². The summed E-state index contributed by atoms with van der Waals surface area (Å²) in [6, 6.07) is 0. The zero-order valence-corrected chi connectivity index (χ0v) is 11.7. The van der Waals surface area contributed by atoms with Gasteiger partial charge < -0.3 is 5.11 Å². The molecule has 2 saturated carbocycles. The van der Waals surface area contributed by atoms with Gasteiger partial charge in [0.1, 0.15) is 5.60 Å². The minimum absolute atomic E-state index is 0.0946. The predicted octanol–water partition coefficient (Wildman–Crippen LogP) is 3.32. The molecule has 0 aromatic heterocycles. The van der Waals surface area contributed by atoms with E-state index < -0.39 is 5.60 Å². The van der Waals surface area contributed by atoms with Crippen molar-refractivity contribution in [1.29, 1.82) is 0 Å². The summed E-state index contributed by atoms with van der Waals surface area (Å²) >= 11 is 0. The molecular formula is C15H26O2. The highest BCUT2D eigenvalue weighted by Gasteiger charge is 2.70. The topological polar surface area (TPSA) is 37.3 Å². The number of ketones is 1. The molecular weight excluding hydrogens is 212 g/mol. The van der Waals surface area contributed by atoms with Crippen LogP contribution in [0.3, 0.4) is 0 Å². The molecule has 0 radical (unpaired) electrons. The summed E-state index contributed by atoms with van der Waals surface area (Å²) in [5.74, 6) is 0.611. The van der Waals surface area contributed by atoms with Crippen LogP contribution in [0.15, 0.2) is 0 Å². The van der Waals surface area contributed by atoms with Crippen LogP contribution in [0.2, 0.25) is 0 Å². The summed E-state index contributed by atoms with van der Waals surface area (Å²) in [6.07, 6.45) is 5.34. The number of carbonyl (C=O) groups excluding carboxylic acids is 1. The molecule has 2 fully saturated rings. The molecule has 0 aromatic rings. The van der Waals surface area contributed by atoms with Crippen molar-refractivity contribution in [3.8, 4) is 0 Å². The highest BCUT2D eigenvalue weighted by Crippen LogP contribution is 2.69. The molecule has 0 aromatic carbocycles. The Hall–Kier alpha value is -0.370. The molecule has 0 aliphatic heterocycles. The van der Waals surface area contributed by atoms with Gasteiger partial charge in [-0.25, -0.2) is 0 Å². The van der Waals surface area contributed by atoms with Crippen LogP contribution in [0, 0.1) is 16.7 Å². The maximum absolute atomic E-state index is 12.4. The fraction of sp³-hybridized carbons (Fsp3) is 0.933. The van der Waals surface area contributed by atoms with Gasteiger partial charge in [0.15, 0.2) is 5.78 Å². The Morgan fingerprint density at radius 3 is 2.41 bits per heavy atom. The third-order valence-corrected chi connectivity index (χ3v) is 6.11. The second-order valence-corrected chi connectivity index (χ2v) is 6.88. The van der Waals surface area contributed by atoms with Gasteiger partial charge in [0.2, 0.25) is 0 Å². The van der Waals surface area contributed by atoms with Crippen LogP contribution in [0.4, 0.5) is 0 Å². The molecule has 98 valence electrons. The fourth-order valence-electron chi connectivity index (χ4n) is 4.24. The average Bonchev–Trinajstić information content (AvgIpc) is 2.57. The minimum atomic E-state index is -1.05. The molecule has 17 heavy (non-hydrogen) atoms. The van der Waals surface area contributed by atoms with Gasteiger partial charge in [0, 0.05) is 11.8 Å². The number of hydrogen-bond acceptors (Lipinski definition) is 2. The molecule has 3 atom stereocenters. The van der Waals surface area contributed by atoms with E-state index in [0.717, 1.165) is 19.3 Å². The van der Waals surface area contributed by atoms with Crippen LogP contribution in [-0.2, 0) is 4.79 Å². The molecule has 0 heterocycles. The SMILES string of the molecule is CCCCC(=O)[C@@]1(O)C[C@H]2CC[C@]1(C)C2(C)C. The smallest absolute Gasteiger partial charge is 0.164 e. The van der Waals surface area contributed by atoms with Gasteiger partial charge in [0.25, 0.3) is 0 Å². The Morgan fingerprint density at radius 1 is 1.35 bits per heavy atom. The minimum Gasteiger partial charge on any atom is -0.381 e. The molecule has 2 aliphatic rings. The van der Waals surface area contributed by atoms with Crippen molar-refractivity contribution in [2.24, 2.45) is 16.7 Å². The summed E-state index contributed by atoms with van der Waals surface area (Å²) in [4.78, 5) is 12.4. The van der Waals surface area contributed by atoms with Crippen LogP contribution in [0.5, 0.6) is 0 Å². The third kappa shape index (κ3) is 1.46. The monoisotopic (exact) mass is 238 g/mol. The zero-order chi connectivity index (χ0) is 12.9. The molecule has 1 N–H and O–H groups in total. The van der Waals surface area contributed by atoms with E-state index in [1.165, 1.54) is 6.42 Å². The van der Waals surface area contributed by atoms with E-state index in [0.29, 0.717) is 18.8 Å². The van der Waals surface area contributed by atoms with Crippen molar-refractivity contribution in [3.63, 3.8) is 0 Å².